The Balaban J connectivity index is 0.000000445. The first-order chi connectivity index (χ1) is 19.7. The molecule has 0 fully saturated rings. The lowest BCUT2D eigenvalue weighted by Gasteiger charge is -2.38. The van der Waals surface area contributed by atoms with Crippen LogP contribution in [-0.4, -0.2) is 22.4 Å². The van der Waals surface area contributed by atoms with Gasteiger partial charge in [0.25, 0.3) is 0 Å². The molecule has 6 heteroatoms. The zero-order valence-corrected chi connectivity index (χ0v) is 30.8. The van der Waals surface area contributed by atoms with Gasteiger partial charge in [-0.1, -0.05) is 81.4 Å². The lowest BCUT2D eigenvalue weighted by Crippen LogP contribution is -2.39. The van der Waals surface area contributed by atoms with Crippen LogP contribution in [0, 0.1) is 5.41 Å². The summed E-state index contributed by atoms with van der Waals surface area (Å²) < 4.78 is 0. The van der Waals surface area contributed by atoms with Crippen molar-refractivity contribution in [1.82, 2.24) is 0 Å². The molecule has 0 spiro atoms. The zero-order valence-electron chi connectivity index (χ0n) is 30.8. The molecule has 0 saturated heterocycles. The van der Waals surface area contributed by atoms with Gasteiger partial charge in [0.2, 0.25) is 0 Å². The number of benzene rings is 2. The molecule has 1 atom stereocenters. The summed E-state index contributed by atoms with van der Waals surface area (Å²) in [4.78, 5) is 34.2. The minimum atomic E-state index is -0.493. The van der Waals surface area contributed by atoms with E-state index >= 15 is 0 Å². The smallest absolute Gasteiger partial charge is 0.123 e. The topological polar surface area (TPSA) is 55.4 Å². The summed E-state index contributed by atoms with van der Waals surface area (Å²) in [5.41, 5.74) is -0.0967. The van der Waals surface area contributed by atoms with Gasteiger partial charge in [0.1, 0.15) is 16.8 Å². The second-order valence-corrected chi connectivity index (χ2v) is 16.9. The van der Waals surface area contributed by atoms with Gasteiger partial charge in [0, 0.05) is 0 Å². The van der Waals surface area contributed by atoms with E-state index in [-0.39, 0.29) is 22.2 Å². The van der Waals surface area contributed by atoms with E-state index in [4.69, 9.17) is 29.3 Å². The number of hydrogen-bond acceptors (Lipinski definition) is 6. The van der Waals surface area contributed by atoms with Gasteiger partial charge in [0.15, 0.2) is 0 Å². The van der Waals surface area contributed by atoms with Gasteiger partial charge in [-0.05, 0) is 126 Å². The first-order valence-corrected chi connectivity index (χ1v) is 16.0. The van der Waals surface area contributed by atoms with Crippen LogP contribution in [0.5, 0.6) is 0 Å². The normalized spacial score (nSPS) is 14.9. The summed E-state index contributed by atoms with van der Waals surface area (Å²) in [7, 11) is 0. The maximum absolute atomic E-state index is 5.91. The Morgan fingerprint density at radius 2 is 0.773 bits per heavy atom. The van der Waals surface area contributed by atoms with Crippen molar-refractivity contribution in [2.45, 2.75) is 164 Å². The minimum absolute atomic E-state index is 0.142. The van der Waals surface area contributed by atoms with Crippen LogP contribution in [-0.2, 0) is 40.5 Å². The third-order valence-corrected chi connectivity index (χ3v) is 6.57. The Morgan fingerprint density at radius 1 is 0.409 bits per heavy atom. The molecule has 0 aliphatic heterocycles. The number of rotatable bonds is 13. The van der Waals surface area contributed by atoms with Crippen LogP contribution in [0.25, 0.3) is 0 Å². The van der Waals surface area contributed by atoms with Crippen LogP contribution in [0.3, 0.4) is 0 Å². The molecule has 0 N–H and O–H groups in total. The van der Waals surface area contributed by atoms with Gasteiger partial charge in [-0.15, -0.1) is 0 Å². The molecule has 0 aliphatic rings. The second-order valence-electron chi connectivity index (χ2n) is 16.9. The predicted molar refractivity (Wildman–Crippen MR) is 181 cm³/mol. The Bertz CT molecular complexity index is 1020. The Morgan fingerprint density at radius 3 is 1.11 bits per heavy atom. The Hall–Kier alpha value is -1.80. The highest BCUT2D eigenvalue weighted by molar-refractivity contribution is 5.22. The first-order valence-electron chi connectivity index (χ1n) is 16.0. The summed E-state index contributed by atoms with van der Waals surface area (Å²) >= 11 is 0. The highest BCUT2D eigenvalue weighted by Gasteiger charge is 2.36. The standard InChI is InChI=1S/C20H42O4.C18H22O2/c1-16(2,3)15-20(12,24-22-18(7,8)9)14-13-19(10,11)23-21-17(4,5)6;1-17(2,15-11-7-5-8-12-15)19-20-18(3,4)16-13-9-6-10-14-16/h13-15H2,1-12H3;5-14H,1-4H3. The van der Waals surface area contributed by atoms with Crippen molar-refractivity contribution in [2.75, 3.05) is 0 Å². The van der Waals surface area contributed by atoms with Crippen molar-refractivity contribution in [3.63, 3.8) is 0 Å². The van der Waals surface area contributed by atoms with Crippen LogP contribution in [0.2, 0.25) is 0 Å². The van der Waals surface area contributed by atoms with Gasteiger partial charge in [-0.2, -0.15) is 0 Å². The average Bonchev–Trinajstić information content (AvgIpc) is 2.89. The van der Waals surface area contributed by atoms with Crippen LogP contribution in [0.1, 0.15) is 141 Å². The highest BCUT2D eigenvalue weighted by Crippen LogP contribution is 2.37. The van der Waals surface area contributed by atoms with E-state index < -0.39 is 16.8 Å². The van der Waals surface area contributed by atoms with Crippen LogP contribution >= 0.6 is 0 Å². The fraction of sp³-hybridized carbons (Fsp3) is 0.684. The van der Waals surface area contributed by atoms with Crippen molar-refractivity contribution >= 4 is 0 Å². The fourth-order valence-corrected chi connectivity index (χ4v) is 4.34. The predicted octanol–water partition coefficient (Wildman–Crippen LogP) is 11.0. The molecule has 44 heavy (non-hydrogen) atoms. The van der Waals surface area contributed by atoms with Crippen LogP contribution in [0.4, 0.5) is 0 Å². The largest absolute Gasteiger partial charge is 0.230 e. The average molecular weight is 617 g/mol. The minimum Gasteiger partial charge on any atom is -0.230 e. The van der Waals surface area contributed by atoms with E-state index in [1.54, 1.807) is 0 Å². The molecule has 6 nitrogen and oxygen atoms in total. The molecular formula is C38H64O6. The summed E-state index contributed by atoms with van der Waals surface area (Å²) in [5.74, 6) is 0. The third-order valence-electron chi connectivity index (χ3n) is 6.57. The van der Waals surface area contributed by atoms with Crippen molar-refractivity contribution < 1.29 is 29.3 Å². The Labute approximate surface area is 269 Å². The molecular weight excluding hydrogens is 552 g/mol. The molecule has 0 radical (unpaired) electrons. The van der Waals surface area contributed by atoms with Gasteiger partial charge >= 0.3 is 0 Å². The Kier molecular flexibility index (Phi) is 14.3. The lowest BCUT2D eigenvalue weighted by molar-refractivity contribution is -0.414. The molecule has 0 bridgehead atoms. The first kappa shape index (κ1) is 40.2. The summed E-state index contributed by atoms with van der Waals surface area (Å²) in [5, 5.41) is 0. The third kappa shape index (κ3) is 17.0. The quantitative estimate of drug-likeness (QED) is 0.165. The van der Waals surface area contributed by atoms with Crippen LogP contribution < -0.4 is 0 Å². The molecule has 0 amide bonds. The molecule has 0 heterocycles. The summed E-state index contributed by atoms with van der Waals surface area (Å²) in [6.45, 7) is 32.8. The van der Waals surface area contributed by atoms with Gasteiger partial charge in [-0.3, -0.25) is 0 Å². The van der Waals surface area contributed by atoms with E-state index in [0.29, 0.717) is 0 Å². The maximum Gasteiger partial charge on any atom is 0.123 e. The van der Waals surface area contributed by atoms with Crippen molar-refractivity contribution in [3.05, 3.63) is 71.8 Å². The zero-order chi connectivity index (χ0) is 34.1. The van der Waals surface area contributed by atoms with E-state index in [2.05, 4.69) is 27.7 Å². The molecule has 0 saturated carbocycles. The molecule has 252 valence electrons. The van der Waals surface area contributed by atoms with E-state index in [1.165, 1.54) is 0 Å². The van der Waals surface area contributed by atoms with Crippen molar-refractivity contribution in [3.8, 4) is 0 Å². The van der Waals surface area contributed by atoms with E-state index in [9.17, 15) is 0 Å². The second kappa shape index (κ2) is 15.7. The van der Waals surface area contributed by atoms with Gasteiger partial charge < -0.3 is 0 Å². The molecule has 2 aromatic rings. The van der Waals surface area contributed by atoms with Crippen molar-refractivity contribution in [1.29, 1.82) is 0 Å². The lowest BCUT2D eigenvalue weighted by atomic mass is 9.79. The van der Waals surface area contributed by atoms with Crippen molar-refractivity contribution in [2.24, 2.45) is 5.41 Å². The SMILES string of the molecule is CC(C)(C)CC(C)(CCC(C)(C)OOC(C)(C)C)OOC(C)(C)C.CC(C)(OOC(C)(C)c1ccccc1)c1ccccc1. The molecule has 0 aliphatic carbocycles. The number of hydrogen-bond donors (Lipinski definition) is 0. The van der Waals surface area contributed by atoms with E-state index in [0.717, 1.165) is 30.4 Å². The van der Waals surface area contributed by atoms with Crippen LogP contribution in [0.15, 0.2) is 60.7 Å². The molecule has 2 rings (SSSR count). The van der Waals surface area contributed by atoms with E-state index in [1.807, 2.05) is 144 Å². The van der Waals surface area contributed by atoms with Gasteiger partial charge in [-0.25, -0.2) is 29.3 Å². The highest BCUT2D eigenvalue weighted by atomic mass is 17.2. The molecule has 0 aromatic heterocycles. The van der Waals surface area contributed by atoms with Gasteiger partial charge in [0.05, 0.1) is 16.8 Å². The monoisotopic (exact) mass is 616 g/mol. The fourth-order valence-electron chi connectivity index (χ4n) is 4.34. The molecule has 2 aromatic carbocycles. The molecule has 1 unspecified atom stereocenters. The summed E-state index contributed by atoms with van der Waals surface area (Å²) in [6.07, 6.45) is 2.52. The maximum atomic E-state index is 5.91. The summed E-state index contributed by atoms with van der Waals surface area (Å²) in [6, 6.07) is 20.2.